The van der Waals surface area contributed by atoms with E-state index in [2.05, 4.69) is 5.32 Å². The second kappa shape index (κ2) is 9.20. The lowest BCUT2D eigenvalue weighted by molar-refractivity contribution is -0.135. The van der Waals surface area contributed by atoms with Gasteiger partial charge in [-0.1, -0.05) is 36.4 Å². The van der Waals surface area contributed by atoms with Crippen molar-refractivity contribution in [3.63, 3.8) is 0 Å². The summed E-state index contributed by atoms with van der Waals surface area (Å²) in [5.74, 6) is -1.11. The second-order valence-corrected chi connectivity index (χ2v) is 8.62. The van der Waals surface area contributed by atoms with Crippen LogP contribution in [0.2, 0.25) is 0 Å². The van der Waals surface area contributed by atoms with Crippen LogP contribution >= 0.6 is 0 Å². The van der Waals surface area contributed by atoms with E-state index in [1.165, 1.54) is 11.0 Å². The van der Waals surface area contributed by atoms with Gasteiger partial charge < -0.3 is 9.80 Å². The summed E-state index contributed by atoms with van der Waals surface area (Å²) in [6.45, 7) is 0.244. The summed E-state index contributed by atoms with van der Waals surface area (Å²) in [4.78, 5) is 28.9. The Hall–Kier alpha value is -3.06. The van der Waals surface area contributed by atoms with Gasteiger partial charge in [0.2, 0.25) is 11.8 Å². The van der Waals surface area contributed by atoms with E-state index in [1.807, 2.05) is 36.4 Å². The van der Waals surface area contributed by atoms with Crippen LogP contribution < -0.4 is 5.32 Å². The average Bonchev–Trinajstić information content (AvgIpc) is 3.52. The summed E-state index contributed by atoms with van der Waals surface area (Å²) >= 11 is 0. The smallest absolute Gasteiger partial charge is 0.241 e. The van der Waals surface area contributed by atoms with E-state index in [1.54, 1.807) is 19.0 Å². The zero-order chi connectivity index (χ0) is 22.8. The number of carbonyl (C=O) groups excluding carboxylic acids is 2. The van der Waals surface area contributed by atoms with Crippen molar-refractivity contribution in [1.82, 2.24) is 15.1 Å². The molecule has 0 aromatic heterocycles. The first-order valence-corrected chi connectivity index (χ1v) is 10.8. The van der Waals surface area contributed by atoms with Crippen LogP contribution in [0.3, 0.4) is 0 Å². The maximum absolute atomic E-state index is 14.5. The minimum absolute atomic E-state index is 0.0720. The van der Waals surface area contributed by atoms with Gasteiger partial charge in [-0.05, 0) is 48.1 Å². The molecule has 0 radical (unpaired) electrons. The third kappa shape index (κ3) is 4.72. The van der Waals surface area contributed by atoms with E-state index < -0.39 is 23.7 Å². The molecule has 0 saturated heterocycles. The predicted molar refractivity (Wildman–Crippen MR) is 118 cm³/mol. The number of nitrogens with one attached hydrogen (secondary N) is 1. The van der Waals surface area contributed by atoms with E-state index in [0.717, 1.165) is 30.5 Å². The number of nitrogens with zero attached hydrogens (tertiary/aromatic N) is 2. The van der Waals surface area contributed by atoms with Crippen molar-refractivity contribution in [1.29, 1.82) is 0 Å². The molecule has 168 valence electrons. The molecule has 2 amide bonds. The van der Waals surface area contributed by atoms with Crippen molar-refractivity contribution in [2.75, 3.05) is 27.2 Å². The monoisotopic (exact) mass is 439 g/mol. The Bertz CT molecular complexity index is 1030. The van der Waals surface area contributed by atoms with Crippen LogP contribution in [0.5, 0.6) is 0 Å². The largest absolute Gasteiger partial charge is 0.348 e. The molecule has 7 heteroatoms. The highest BCUT2D eigenvalue weighted by Crippen LogP contribution is 2.39. The Balaban J connectivity index is 1.63. The SMILES string of the molecule is CN(C)C(=O)CN[C@H](C(=O)N1CC(c2cc(F)ccc2F)=C[C@H]1c1ccccc1)C1CC1. The number of halogens is 2. The van der Waals surface area contributed by atoms with Gasteiger partial charge in [-0.2, -0.15) is 0 Å². The lowest BCUT2D eigenvalue weighted by Crippen LogP contribution is -2.50. The van der Waals surface area contributed by atoms with E-state index >= 15 is 0 Å². The van der Waals surface area contributed by atoms with E-state index in [9.17, 15) is 18.4 Å². The minimum atomic E-state index is -0.525. The topological polar surface area (TPSA) is 52.7 Å². The third-order valence-electron chi connectivity index (χ3n) is 6.07. The van der Waals surface area contributed by atoms with Gasteiger partial charge in [0.15, 0.2) is 0 Å². The van der Waals surface area contributed by atoms with Crippen LogP contribution in [0.4, 0.5) is 8.78 Å². The van der Waals surface area contributed by atoms with Gasteiger partial charge in [-0.15, -0.1) is 0 Å². The van der Waals surface area contributed by atoms with Gasteiger partial charge in [-0.3, -0.25) is 14.9 Å². The molecule has 2 aromatic rings. The fraction of sp³-hybridized carbons (Fsp3) is 0.360. The molecule has 1 aliphatic carbocycles. The van der Waals surface area contributed by atoms with Crippen LogP contribution in [0.25, 0.3) is 5.57 Å². The number of benzene rings is 2. The summed E-state index contributed by atoms with van der Waals surface area (Å²) in [7, 11) is 3.35. The quantitative estimate of drug-likeness (QED) is 0.720. The zero-order valence-electron chi connectivity index (χ0n) is 18.2. The molecule has 0 bridgehead atoms. The van der Waals surface area contributed by atoms with E-state index in [4.69, 9.17) is 0 Å². The van der Waals surface area contributed by atoms with Gasteiger partial charge in [0, 0.05) is 26.2 Å². The highest BCUT2D eigenvalue weighted by Gasteiger charge is 2.42. The average molecular weight is 440 g/mol. The number of amides is 2. The maximum atomic E-state index is 14.5. The third-order valence-corrected chi connectivity index (χ3v) is 6.07. The van der Waals surface area contributed by atoms with Gasteiger partial charge in [-0.25, -0.2) is 8.78 Å². The number of hydrogen-bond donors (Lipinski definition) is 1. The number of hydrogen-bond acceptors (Lipinski definition) is 3. The number of likely N-dealkylation sites (N-methyl/N-ethyl adjacent to an activating group) is 1. The normalized spacial score (nSPS) is 18.9. The molecule has 0 spiro atoms. The second-order valence-electron chi connectivity index (χ2n) is 8.62. The highest BCUT2D eigenvalue weighted by molar-refractivity contribution is 5.88. The lowest BCUT2D eigenvalue weighted by Gasteiger charge is -2.30. The molecule has 1 fully saturated rings. The highest BCUT2D eigenvalue weighted by atomic mass is 19.1. The van der Waals surface area contributed by atoms with Crippen molar-refractivity contribution in [2.24, 2.45) is 5.92 Å². The van der Waals surface area contributed by atoms with Crippen molar-refractivity contribution >= 4 is 17.4 Å². The molecule has 32 heavy (non-hydrogen) atoms. The molecule has 1 heterocycles. The molecule has 1 N–H and O–H groups in total. The lowest BCUT2D eigenvalue weighted by atomic mass is 10.0. The van der Waals surface area contributed by atoms with Crippen molar-refractivity contribution in [3.8, 4) is 0 Å². The van der Waals surface area contributed by atoms with Gasteiger partial charge in [0.1, 0.15) is 11.6 Å². The van der Waals surface area contributed by atoms with Crippen molar-refractivity contribution in [3.05, 3.63) is 77.4 Å². The molecule has 2 atom stereocenters. The summed E-state index contributed by atoms with van der Waals surface area (Å²) in [5.41, 5.74) is 1.63. The molecule has 4 rings (SSSR count). The zero-order valence-corrected chi connectivity index (χ0v) is 18.2. The molecular formula is C25H27F2N3O2. The van der Waals surface area contributed by atoms with Crippen LogP contribution in [-0.4, -0.2) is 54.8 Å². The molecule has 0 unspecified atom stereocenters. The Kier molecular flexibility index (Phi) is 6.37. The predicted octanol–water partition coefficient (Wildman–Crippen LogP) is 3.39. The summed E-state index contributed by atoms with van der Waals surface area (Å²) in [5, 5.41) is 3.15. The summed E-state index contributed by atoms with van der Waals surface area (Å²) in [6.07, 6.45) is 3.67. The first-order chi connectivity index (χ1) is 15.3. The minimum Gasteiger partial charge on any atom is -0.348 e. The van der Waals surface area contributed by atoms with Crippen LogP contribution in [0.15, 0.2) is 54.6 Å². The molecule has 1 aliphatic heterocycles. The molecular weight excluding hydrogens is 412 g/mol. The molecule has 5 nitrogen and oxygen atoms in total. The Morgan fingerprint density at radius 2 is 1.84 bits per heavy atom. The fourth-order valence-electron chi connectivity index (χ4n) is 4.09. The first kappa shape index (κ1) is 22.1. The molecule has 2 aliphatic rings. The Morgan fingerprint density at radius 1 is 1.12 bits per heavy atom. The molecule has 1 saturated carbocycles. The summed E-state index contributed by atoms with van der Waals surface area (Å²) in [6, 6.07) is 12.0. The van der Waals surface area contributed by atoms with Crippen molar-refractivity contribution < 1.29 is 18.4 Å². The first-order valence-electron chi connectivity index (χ1n) is 10.8. The maximum Gasteiger partial charge on any atom is 0.241 e. The summed E-state index contributed by atoms with van der Waals surface area (Å²) < 4.78 is 28.3. The Morgan fingerprint density at radius 3 is 2.50 bits per heavy atom. The van der Waals surface area contributed by atoms with Gasteiger partial charge in [0.25, 0.3) is 0 Å². The van der Waals surface area contributed by atoms with E-state index in [0.29, 0.717) is 5.57 Å². The van der Waals surface area contributed by atoms with Gasteiger partial charge >= 0.3 is 0 Å². The van der Waals surface area contributed by atoms with Crippen LogP contribution in [0, 0.1) is 17.6 Å². The fourth-order valence-corrected chi connectivity index (χ4v) is 4.09. The van der Waals surface area contributed by atoms with Crippen LogP contribution in [-0.2, 0) is 9.59 Å². The van der Waals surface area contributed by atoms with E-state index in [-0.39, 0.29) is 36.4 Å². The Labute approximate surface area is 186 Å². The van der Waals surface area contributed by atoms with Gasteiger partial charge in [0.05, 0.1) is 18.6 Å². The molecule has 2 aromatic carbocycles. The van der Waals surface area contributed by atoms with Crippen LogP contribution in [0.1, 0.15) is 30.0 Å². The number of rotatable bonds is 7. The standard InChI is InChI=1S/C25H27F2N3O2/c1-29(2)23(31)14-28-24(17-8-9-17)25(32)30-15-18(20-13-19(26)10-11-21(20)27)12-22(30)16-6-4-3-5-7-16/h3-7,10-13,17,22,24,28H,8-9,14-15H2,1-2H3/t22-,24-/m0/s1. The van der Waals surface area contributed by atoms with Crippen molar-refractivity contribution in [2.45, 2.75) is 24.9 Å². The number of carbonyl (C=O) groups is 2.